The minimum Gasteiger partial charge on any atom is -0.395 e. The number of aliphatic hydroxyl groups excluding tert-OH is 1. The fraction of sp³-hybridized carbons (Fsp3) is 0.438. The van der Waals surface area contributed by atoms with Gasteiger partial charge < -0.3 is 15.2 Å². The van der Waals surface area contributed by atoms with Crippen molar-refractivity contribution in [3.05, 3.63) is 35.1 Å². The third-order valence-electron chi connectivity index (χ3n) is 2.64. The van der Waals surface area contributed by atoms with Crippen molar-refractivity contribution in [1.82, 2.24) is 5.32 Å². The molecule has 0 aromatic heterocycles. The molecule has 5 heteroatoms. The number of carbonyl (C=O) groups excluding carboxylic acids is 1. The topological polar surface area (TPSA) is 58.6 Å². The second-order valence-electron chi connectivity index (χ2n) is 4.50. The monoisotopic (exact) mass is 293 g/mol. The maximum absolute atomic E-state index is 13.3. The van der Waals surface area contributed by atoms with Gasteiger partial charge in [-0.2, -0.15) is 0 Å². The summed E-state index contributed by atoms with van der Waals surface area (Å²) in [6.45, 7) is 4.59. The van der Waals surface area contributed by atoms with Crippen LogP contribution < -0.4 is 5.32 Å². The number of rotatable bonds is 6. The molecule has 0 spiro atoms. The van der Waals surface area contributed by atoms with Crippen molar-refractivity contribution in [2.24, 2.45) is 0 Å². The Bertz CT molecular complexity index is 534. The molecule has 1 atom stereocenters. The van der Waals surface area contributed by atoms with E-state index in [0.717, 1.165) is 6.07 Å². The largest absolute Gasteiger partial charge is 0.395 e. The van der Waals surface area contributed by atoms with Crippen LogP contribution in [0.1, 0.15) is 36.2 Å². The molecule has 0 bridgehead atoms. The van der Waals surface area contributed by atoms with Crippen molar-refractivity contribution in [1.29, 1.82) is 0 Å². The van der Waals surface area contributed by atoms with Gasteiger partial charge >= 0.3 is 0 Å². The summed E-state index contributed by atoms with van der Waals surface area (Å²) in [5, 5.41) is 11.5. The number of hydrogen-bond donors (Lipinski definition) is 2. The number of aliphatic hydroxyl groups is 1. The predicted molar refractivity (Wildman–Crippen MR) is 78.4 cm³/mol. The first-order chi connectivity index (χ1) is 10.1. The fourth-order valence-electron chi connectivity index (χ4n) is 1.66. The highest BCUT2D eigenvalue weighted by Crippen LogP contribution is 2.11. The van der Waals surface area contributed by atoms with Crippen LogP contribution in [0, 0.1) is 17.7 Å². The zero-order chi connectivity index (χ0) is 15.7. The normalized spacial score (nSPS) is 11.4. The molecule has 0 aliphatic carbocycles. The first-order valence-electron chi connectivity index (χ1n) is 6.86. The van der Waals surface area contributed by atoms with E-state index in [2.05, 4.69) is 17.2 Å². The van der Waals surface area contributed by atoms with Crippen LogP contribution in [0.2, 0.25) is 0 Å². The Morgan fingerprint density at radius 1 is 1.52 bits per heavy atom. The average Bonchev–Trinajstić information content (AvgIpc) is 2.46. The molecular formula is C16H20FNO3. The second kappa shape index (κ2) is 9.11. The number of halogens is 1. The molecule has 0 aliphatic heterocycles. The molecule has 1 aromatic carbocycles. The highest BCUT2D eigenvalue weighted by molar-refractivity contribution is 5.96. The number of hydrogen-bond acceptors (Lipinski definition) is 3. The number of benzene rings is 1. The summed E-state index contributed by atoms with van der Waals surface area (Å²) in [6, 6.07) is 3.69. The van der Waals surface area contributed by atoms with Crippen molar-refractivity contribution in [2.75, 3.05) is 19.8 Å². The molecule has 0 aliphatic rings. The van der Waals surface area contributed by atoms with Gasteiger partial charge in [0.05, 0.1) is 18.8 Å². The molecule has 114 valence electrons. The van der Waals surface area contributed by atoms with E-state index in [1.54, 1.807) is 0 Å². The van der Waals surface area contributed by atoms with Gasteiger partial charge in [0.2, 0.25) is 0 Å². The van der Waals surface area contributed by atoms with Gasteiger partial charge in [-0.3, -0.25) is 4.79 Å². The van der Waals surface area contributed by atoms with Crippen molar-refractivity contribution in [3.63, 3.8) is 0 Å². The second-order valence-corrected chi connectivity index (χ2v) is 4.50. The molecule has 4 nitrogen and oxygen atoms in total. The van der Waals surface area contributed by atoms with Gasteiger partial charge in [0, 0.05) is 24.6 Å². The molecule has 0 heterocycles. The van der Waals surface area contributed by atoms with E-state index in [9.17, 15) is 9.18 Å². The van der Waals surface area contributed by atoms with Crippen molar-refractivity contribution >= 4 is 5.91 Å². The van der Waals surface area contributed by atoms with Crippen LogP contribution in [0.4, 0.5) is 4.39 Å². The Morgan fingerprint density at radius 3 is 2.95 bits per heavy atom. The molecule has 1 aromatic rings. The van der Waals surface area contributed by atoms with Crippen molar-refractivity contribution < 1.29 is 19.0 Å². The van der Waals surface area contributed by atoms with Crippen molar-refractivity contribution in [3.8, 4) is 11.8 Å². The van der Waals surface area contributed by atoms with E-state index < -0.39 is 11.7 Å². The first-order valence-corrected chi connectivity index (χ1v) is 6.86. The fourth-order valence-corrected chi connectivity index (χ4v) is 1.66. The SMILES string of the molecule is CCOCC(C)NC(=O)c1cc(F)ccc1C#CCCO. The minimum absolute atomic E-state index is 0.0544. The van der Waals surface area contributed by atoms with Gasteiger partial charge in [-0.05, 0) is 32.0 Å². The molecule has 21 heavy (non-hydrogen) atoms. The third-order valence-corrected chi connectivity index (χ3v) is 2.64. The smallest absolute Gasteiger partial charge is 0.252 e. The summed E-state index contributed by atoms with van der Waals surface area (Å²) < 4.78 is 18.6. The summed E-state index contributed by atoms with van der Waals surface area (Å²) in [5.41, 5.74) is 0.620. The Morgan fingerprint density at radius 2 is 2.29 bits per heavy atom. The van der Waals surface area contributed by atoms with E-state index in [1.165, 1.54) is 12.1 Å². The summed E-state index contributed by atoms with van der Waals surface area (Å²) in [7, 11) is 0. The van der Waals surface area contributed by atoms with E-state index in [1.807, 2.05) is 13.8 Å². The summed E-state index contributed by atoms with van der Waals surface area (Å²) in [6.07, 6.45) is 0.305. The molecule has 0 saturated heterocycles. The summed E-state index contributed by atoms with van der Waals surface area (Å²) >= 11 is 0. The molecular weight excluding hydrogens is 273 g/mol. The van der Waals surface area contributed by atoms with Gasteiger partial charge in [-0.1, -0.05) is 11.8 Å². The van der Waals surface area contributed by atoms with Gasteiger partial charge in [0.1, 0.15) is 5.82 Å². The zero-order valence-electron chi connectivity index (χ0n) is 12.3. The van der Waals surface area contributed by atoms with Gasteiger partial charge in [0.25, 0.3) is 5.91 Å². The lowest BCUT2D eigenvalue weighted by Crippen LogP contribution is -2.36. The molecule has 1 unspecified atom stereocenters. The van der Waals surface area contributed by atoms with E-state index in [0.29, 0.717) is 25.2 Å². The van der Waals surface area contributed by atoms with Crippen LogP contribution in [0.3, 0.4) is 0 Å². The van der Waals surface area contributed by atoms with Crippen LogP contribution in [-0.4, -0.2) is 36.9 Å². The maximum Gasteiger partial charge on any atom is 0.252 e. The Labute approximate surface area is 124 Å². The maximum atomic E-state index is 13.3. The highest BCUT2D eigenvalue weighted by Gasteiger charge is 2.14. The van der Waals surface area contributed by atoms with Crippen LogP contribution >= 0.6 is 0 Å². The summed E-state index contributed by atoms with van der Waals surface area (Å²) in [5.74, 6) is 4.61. The van der Waals surface area contributed by atoms with Crippen molar-refractivity contribution in [2.45, 2.75) is 26.3 Å². The third kappa shape index (κ3) is 5.94. The van der Waals surface area contributed by atoms with Crippen LogP contribution in [-0.2, 0) is 4.74 Å². The molecule has 1 amide bonds. The molecule has 0 radical (unpaired) electrons. The number of nitrogens with one attached hydrogen (secondary N) is 1. The molecule has 1 rings (SSSR count). The first kappa shape index (κ1) is 17.2. The number of carbonyl (C=O) groups is 1. The Hall–Kier alpha value is -1.90. The lowest BCUT2D eigenvalue weighted by Gasteiger charge is -2.14. The van der Waals surface area contributed by atoms with Crippen LogP contribution in [0.15, 0.2) is 18.2 Å². The molecule has 2 N–H and O–H groups in total. The number of amides is 1. The predicted octanol–water partition coefficient (Wildman–Crippen LogP) is 1.71. The Kier molecular flexibility index (Phi) is 7.44. The van der Waals surface area contributed by atoms with Crippen LogP contribution in [0.25, 0.3) is 0 Å². The molecule has 0 fully saturated rings. The molecule has 0 saturated carbocycles. The van der Waals surface area contributed by atoms with E-state index in [-0.39, 0.29) is 18.2 Å². The van der Waals surface area contributed by atoms with Crippen LogP contribution in [0.5, 0.6) is 0 Å². The number of ether oxygens (including phenoxy) is 1. The van der Waals surface area contributed by atoms with Gasteiger partial charge in [-0.25, -0.2) is 4.39 Å². The standard InChI is InChI=1S/C16H20FNO3/c1-3-21-11-12(2)18-16(20)15-10-14(17)8-7-13(15)6-4-5-9-19/h7-8,10,12,19H,3,5,9,11H2,1-2H3,(H,18,20). The van der Waals surface area contributed by atoms with E-state index >= 15 is 0 Å². The zero-order valence-corrected chi connectivity index (χ0v) is 12.3. The van der Waals surface area contributed by atoms with Gasteiger partial charge in [0.15, 0.2) is 0 Å². The lowest BCUT2D eigenvalue weighted by molar-refractivity contribution is 0.0871. The highest BCUT2D eigenvalue weighted by atomic mass is 19.1. The summed E-state index contributed by atoms with van der Waals surface area (Å²) in [4.78, 5) is 12.2. The lowest BCUT2D eigenvalue weighted by atomic mass is 10.1. The van der Waals surface area contributed by atoms with Gasteiger partial charge in [-0.15, -0.1) is 0 Å². The van der Waals surface area contributed by atoms with E-state index in [4.69, 9.17) is 9.84 Å². The Balaban J connectivity index is 2.87. The quantitative estimate of drug-likeness (QED) is 0.785. The average molecular weight is 293 g/mol. The minimum atomic E-state index is -0.495.